The second-order valence-corrected chi connectivity index (χ2v) is 7.92. The van der Waals surface area contributed by atoms with Gasteiger partial charge >= 0.3 is 0 Å². The van der Waals surface area contributed by atoms with E-state index in [1.807, 2.05) is 0 Å². The molecule has 0 spiro atoms. The maximum atomic E-state index is 11.7. The molecule has 1 N–H and O–H groups in total. The lowest BCUT2D eigenvalue weighted by Crippen LogP contribution is -2.32. The summed E-state index contributed by atoms with van der Waals surface area (Å²) < 4.78 is 24.6. The largest absolute Gasteiger partial charge is 0.309 e. The number of aryl methyl sites for hydroxylation is 1. The molecule has 1 atom stereocenters. The molecule has 1 unspecified atom stereocenters. The van der Waals surface area contributed by atoms with Crippen molar-refractivity contribution < 1.29 is 8.42 Å². The Bertz CT molecular complexity index is 510. The highest BCUT2D eigenvalue weighted by Crippen LogP contribution is 2.14. The molecule has 120 valence electrons. The van der Waals surface area contributed by atoms with E-state index in [2.05, 4.69) is 43.4 Å². The third-order valence-corrected chi connectivity index (χ3v) is 5.50. The molecule has 21 heavy (non-hydrogen) atoms. The highest BCUT2D eigenvalue weighted by atomic mass is 32.2. The minimum Gasteiger partial charge on any atom is -0.309 e. The van der Waals surface area contributed by atoms with E-state index in [0.717, 1.165) is 6.42 Å². The van der Waals surface area contributed by atoms with Crippen molar-refractivity contribution in [3.05, 3.63) is 35.4 Å². The van der Waals surface area contributed by atoms with Crippen LogP contribution in [0, 0.1) is 0 Å². The standard InChI is InChI=1S/C16H28N2O2S/c1-5-6-7-15-8-10-16(11-9-15)14(2)17-12-13-21(19,20)18(3)4/h8-11,14,17H,5-7,12-13H2,1-4H3. The molecule has 1 aromatic rings. The summed E-state index contributed by atoms with van der Waals surface area (Å²) in [5, 5.41) is 3.27. The zero-order valence-electron chi connectivity index (χ0n) is 13.6. The molecule has 0 saturated heterocycles. The Kier molecular flexibility index (Phi) is 7.35. The van der Waals surface area contributed by atoms with Gasteiger partial charge in [-0.05, 0) is 30.9 Å². The van der Waals surface area contributed by atoms with Crippen LogP contribution in [0.2, 0.25) is 0 Å². The van der Waals surface area contributed by atoms with Gasteiger partial charge in [0.1, 0.15) is 0 Å². The lowest BCUT2D eigenvalue weighted by Gasteiger charge is -2.16. The van der Waals surface area contributed by atoms with Gasteiger partial charge in [0.2, 0.25) is 10.0 Å². The van der Waals surface area contributed by atoms with Crippen LogP contribution in [0.4, 0.5) is 0 Å². The molecule has 0 aliphatic heterocycles. The van der Waals surface area contributed by atoms with E-state index in [1.54, 1.807) is 14.1 Å². The molecule has 0 fully saturated rings. The maximum absolute atomic E-state index is 11.7. The first-order chi connectivity index (χ1) is 9.86. The Hall–Kier alpha value is -0.910. The van der Waals surface area contributed by atoms with Crippen molar-refractivity contribution in [3.8, 4) is 0 Å². The lowest BCUT2D eigenvalue weighted by atomic mass is 10.0. The van der Waals surface area contributed by atoms with Gasteiger partial charge in [-0.3, -0.25) is 0 Å². The summed E-state index contributed by atoms with van der Waals surface area (Å²) in [5.74, 6) is 0.124. The number of hydrogen-bond donors (Lipinski definition) is 1. The first-order valence-corrected chi connectivity index (χ1v) is 9.20. The molecular weight excluding hydrogens is 284 g/mol. The molecule has 0 aliphatic carbocycles. The molecule has 0 saturated carbocycles. The summed E-state index contributed by atoms with van der Waals surface area (Å²) >= 11 is 0. The van der Waals surface area contributed by atoms with Crippen molar-refractivity contribution in [3.63, 3.8) is 0 Å². The first kappa shape index (κ1) is 18.1. The Labute approximate surface area is 129 Å². The SMILES string of the molecule is CCCCc1ccc(C(C)NCCS(=O)(=O)N(C)C)cc1. The monoisotopic (exact) mass is 312 g/mol. The average molecular weight is 312 g/mol. The van der Waals surface area contributed by atoms with Gasteiger partial charge in [-0.25, -0.2) is 12.7 Å². The van der Waals surface area contributed by atoms with Gasteiger partial charge in [0.05, 0.1) is 5.75 Å². The molecule has 5 heteroatoms. The van der Waals surface area contributed by atoms with Gasteiger partial charge < -0.3 is 5.32 Å². The summed E-state index contributed by atoms with van der Waals surface area (Å²) in [6, 6.07) is 8.74. The van der Waals surface area contributed by atoms with Crippen LogP contribution in [0.5, 0.6) is 0 Å². The van der Waals surface area contributed by atoms with Crippen LogP contribution in [0.15, 0.2) is 24.3 Å². The van der Waals surface area contributed by atoms with Crippen LogP contribution in [0.3, 0.4) is 0 Å². The Morgan fingerprint density at radius 2 is 1.81 bits per heavy atom. The highest BCUT2D eigenvalue weighted by Gasteiger charge is 2.13. The fourth-order valence-corrected chi connectivity index (χ4v) is 2.80. The predicted molar refractivity (Wildman–Crippen MR) is 88.9 cm³/mol. The second kappa shape index (κ2) is 8.51. The number of benzene rings is 1. The van der Waals surface area contributed by atoms with Crippen molar-refractivity contribution >= 4 is 10.0 Å². The summed E-state index contributed by atoms with van der Waals surface area (Å²) in [6.45, 7) is 4.71. The molecule has 0 amide bonds. The molecule has 1 aromatic carbocycles. The van der Waals surface area contributed by atoms with E-state index in [1.165, 1.54) is 28.3 Å². The minimum atomic E-state index is -3.12. The van der Waals surface area contributed by atoms with Gasteiger partial charge in [-0.15, -0.1) is 0 Å². The quantitative estimate of drug-likeness (QED) is 0.762. The molecule has 0 radical (unpaired) electrons. The zero-order valence-corrected chi connectivity index (χ0v) is 14.4. The summed E-state index contributed by atoms with van der Waals surface area (Å²) in [7, 11) is 0.00434. The fraction of sp³-hybridized carbons (Fsp3) is 0.625. The van der Waals surface area contributed by atoms with E-state index in [-0.39, 0.29) is 11.8 Å². The van der Waals surface area contributed by atoms with Gasteiger partial charge in [0.15, 0.2) is 0 Å². The number of hydrogen-bond acceptors (Lipinski definition) is 3. The Morgan fingerprint density at radius 1 is 1.19 bits per heavy atom. The molecular formula is C16H28N2O2S. The van der Waals surface area contributed by atoms with Crippen molar-refractivity contribution in [2.75, 3.05) is 26.4 Å². The van der Waals surface area contributed by atoms with Crippen molar-refractivity contribution in [1.82, 2.24) is 9.62 Å². The van der Waals surface area contributed by atoms with E-state index in [0.29, 0.717) is 6.54 Å². The normalized spacial score (nSPS) is 13.6. The number of nitrogens with zero attached hydrogens (tertiary/aromatic N) is 1. The average Bonchev–Trinajstić information content (AvgIpc) is 2.45. The van der Waals surface area contributed by atoms with Gasteiger partial charge in [0.25, 0.3) is 0 Å². The number of sulfonamides is 1. The number of nitrogens with one attached hydrogen (secondary N) is 1. The Balaban J connectivity index is 2.47. The van der Waals surface area contributed by atoms with Crippen LogP contribution >= 0.6 is 0 Å². The van der Waals surface area contributed by atoms with Crippen LogP contribution in [0.25, 0.3) is 0 Å². The number of unbranched alkanes of at least 4 members (excludes halogenated alkanes) is 1. The molecule has 0 aromatic heterocycles. The predicted octanol–water partition coefficient (Wildman–Crippen LogP) is 2.57. The van der Waals surface area contributed by atoms with Crippen LogP contribution < -0.4 is 5.32 Å². The topological polar surface area (TPSA) is 49.4 Å². The van der Waals surface area contributed by atoms with Crippen LogP contribution in [-0.2, 0) is 16.4 Å². The third-order valence-electron chi connectivity index (χ3n) is 3.67. The zero-order chi connectivity index (χ0) is 15.9. The molecule has 4 nitrogen and oxygen atoms in total. The molecule has 1 rings (SSSR count). The van der Waals surface area contributed by atoms with Crippen molar-refractivity contribution in [2.45, 2.75) is 39.2 Å². The smallest absolute Gasteiger partial charge is 0.214 e. The third kappa shape index (κ3) is 6.16. The van der Waals surface area contributed by atoms with Gasteiger partial charge in [-0.2, -0.15) is 0 Å². The van der Waals surface area contributed by atoms with Gasteiger partial charge in [0, 0.05) is 26.7 Å². The van der Waals surface area contributed by atoms with E-state index >= 15 is 0 Å². The van der Waals surface area contributed by atoms with Crippen molar-refractivity contribution in [1.29, 1.82) is 0 Å². The lowest BCUT2D eigenvalue weighted by molar-refractivity contribution is 0.512. The van der Waals surface area contributed by atoms with Crippen LogP contribution in [-0.4, -0.2) is 39.1 Å². The fourth-order valence-electron chi connectivity index (χ4n) is 2.06. The molecule has 0 heterocycles. The van der Waals surface area contributed by atoms with Gasteiger partial charge in [-0.1, -0.05) is 37.6 Å². The first-order valence-electron chi connectivity index (χ1n) is 7.59. The minimum absolute atomic E-state index is 0.124. The summed E-state index contributed by atoms with van der Waals surface area (Å²) in [6.07, 6.45) is 3.55. The summed E-state index contributed by atoms with van der Waals surface area (Å²) in [4.78, 5) is 0. The number of rotatable bonds is 9. The maximum Gasteiger partial charge on any atom is 0.214 e. The summed E-state index contributed by atoms with van der Waals surface area (Å²) in [5.41, 5.74) is 2.56. The molecule has 0 aliphatic rings. The van der Waals surface area contributed by atoms with Crippen molar-refractivity contribution in [2.24, 2.45) is 0 Å². The second-order valence-electron chi connectivity index (χ2n) is 5.62. The van der Waals surface area contributed by atoms with Crippen LogP contribution in [0.1, 0.15) is 43.9 Å². The Morgan fingerprint density at radius 3 is 2.33 bits per heavy atom. The van der Waals surface area contributed by atoms with E-state index < -0.39 is 10.0 Å². The molecule has 0 bridgehead atoms. The highest BCUT2D eigenvalue weighted by molar-refractivity contribution is 7.89. The van der Waals surface area contributed by atoms with E-state index in [9.17, 15) is 8.42 Å². The van der Waals surface area contributed by atoms with E-state index in [4.69, 9.17) is 0 Å².